The third-order valence-corrected chi connectivity index (χ3v) is 7.06. The summed E-state index contributed by atoms with van der Waals surface area (Å²) in [6.07, 6.45) is 0. The van der Waals surface area contributed by atoms with Crippen LogP contribution in [0.3, 0.4) is 0 Å². The molecule has 1 atom stereocenters. The largest absolute Gasteiger partial charge is 0.350 e. The fourth-order valence-corrected chi connectivity index (χ4v) is 4.61. The van der Waals surface area contributed by atoms with E-state index in [1.807, 2.05) is 19.9 Å². The maximum absolute atomic E-state index is 12.7. The molecule has 0 aliphatic rings. The highest BCUT2D eigenvalue weighted by atomic mass is 32.2. The van der Waals surface area contributed by atoms with E-state index in [4.69, 9.17) is 0 Å². The number of urea groups is 1. The summed E-state index contributed by atoms with van der Waals surface area (Å²) in [5.74, 6) is -0.443. The van der Waals surface area contributed by atoms with Crippen molar-refractivity contribution in [1.82, 2.24) is 14.9 Å². The number of benzene rings is 2. The lowest BCUT2D eigenvalue weighted by Crippen LogP contribution is -2.50. The molecule has 0 radical (unpaired) electrons. The minimum Gasteiger partial charge on any atom is -0.350 e. The van der Waals surface area contributed by atoms with Gasteiger partial charge in [-0.15, -0.1) is 0 Å². The molecule has 0 saturated carbocycles. The van der Waals surface area contributed by atoms with Gasteiger partial charge in [0.15, 0.2) is 0 Å². The van der Waals surface area contributed by atoms with Crippen molar-refractivity contribution in [3.8, 4) is 0 Å². The quantitative estimate of drug-likeness (QED) is 0.506. The van der Waals surface area contributed by atoms with Crippen LogP contribution in [0.25, 0.3) is 0 Å². The van der Waals surface area contributed by atoms with Gasteiger partial charge in [0.2, 0.25) is 15.9 Å². The molecule has 1 unspecified atom stereocenters. The van der Waals surface area contributed by atoms with Crippen molar-refractivity contribution < 1.29 is 18.0 Å². The lowest BCUT2D eigenvalue weighted by Gasteiger charge is -2.22. The first kappa shape index (κ1) is 25.4. The van der Waals surface area contributed by atoms with Crippen LogP contribution in [0.1, 0.15) is 33.3 Å². The Kier molecular flexibility index (Phi) is 9.22. The number of hydrogen-bond donors (Lipinski definition) is 3. The van der Waals surface area contributed by atoms with E-state index in [-0.39, 0.29) is 23.3 Å². The molecule has 0 aliphatic carbocycles. The predicted molar refractivity (Wildman–Crippen MR) is 126 cm³/mol. The van der Waals surface area contributed by atoms with Gasteiger partial charge in [-0.3, -0.25) is 4.79 Å². The van der Waals surface area contributed by atoms with E-state index in [0.29, 0.717) is 18.8 Å². The number of amides is 3. The Balaban J connectivity index is 1.97. The van der Waals surface area contributed by atoms with Crippen molar-refractivity contribution in [3.05, 3.63) is 60.2 Å². The highest BCUT2D eigenvalue weighted by Crippen LogP contribution is 2.16. The monoisotopic (exact) mass is 460 g/mol. The molecule has 0 aromatic heterocycles. The van der Waals surface area contributed by atoms with Gasteiger partial charge in [-0.1, -0.05) is 58.0 Å². The van der Waals surface area contributed by atoms with Crippen molar-refractivity contribution in [3.63, 3.8) is 0 Å². The maximum Gasteiger partial charge on any atom is 0.319 e. The molecule has 3 amide bonds. The Labute approximate surface area is 190 Å². The first-order chi connectivity index (χ1) is 15.2. The van der Waals surface area contributed by atoms with Crippen LogP contribution < -0.4 is 16.0 Å². The van der Waals surface area contributed by atoms with Gasteiger partial charge in [0.1, 0.15) is 6.04 Å². The summed E-state index contributed by atoms with van der Waals surface area (Å²) in [7, 11) is -3.52. The average Bonchev–Trinajstić information content (AvgIpc) is 2.77. The van der Waals surface area contributed by atoms with E-state index in [1.165, 1.54) is 4.31 Å². The molecule has 0 saturated heterocycles. The molecule has 0 bridgehead atoms. The molecule has 174 valence electrons. The first-order valence-corrected chi connectivity index (χ1v) is 12.1. The zero-order valence-electron chi connectivity index (χ0n) is 19.0. The van der Waals surface area contributed by atoms with Crippen LogP contribution in [-0.4, -0.2) is 43.8 Å². The van der Waals surface area contributed by atoms with E-state index in [1.54, 1.807) is 62.4 Å². The SMILES string of the molecule is CCN(CC)S(=O)(=O)c1ccc(CNC(=O)C(NC(=O)Nc2ccccc2)C(C)C)cc1. The number of nitrogens with zero attached hydrogens (tertiary/aromatic N) is 1. The molecule has 2 aromatic rings. The number of para-hydroxylation sites is 1. The molecule has 32 heavy (non-hydrogen) atoms. The summed E-state index contributed by atoms with van der Waals surface area (Å²) in [6, 6.07) is 14.2. The fourth-order valence-electron chi connectivity index (χ4n) is 3.16. The first-order valence-electron chi connectivity index (χ1n) is 10.7. The third kappa shape index (κ3) is 6.80. The molecule has 9 heteroatoms. The van der Waals surface area contributed by atoms with Crippen LogP contribution >= 0.6 is 0 Å². The summed E-state index contributed by atoms with van der Waals surface area (Å²) in [4.78, 5) is 25.2. The number of hydrogen-bond acceptors (Lipinski definition) is 4. The highest BCUT2D eigenvalue weighted by Gasteiger charge is 2.24. The second-order valence-electron chi connectivity index (χ2n) is 7.64. The van der Waals surface area contributed by atoms with Crippen LogP contribution in [0.4, 0.5) is 10.5 Å². The Bertz CT molecular complexity index is 988. The van der Waals surface area contributed by atoms with Gasteiger partial charge in [-0.2, -0.15) is 4.31 Å². The van der Waals surface area contributed by atoms with E-state index in [2.05, 4.69) is 16.0 Å². The lowest BCUT2D eigenvalue weighted by atomic mass is 10.0. The zero-order valence-corrected chi connectivity index (χ0v) is 19.8. The third-order valence-electron chi connectivity index (χ3n) is 5.00. The van der Waals surface area contributed by atoms with Crippen LogP contribution in [-0.2, 0) is 21.4 Å². The predicted octanol–water partition coefficient (Wildman–Crippen LogP) is 3.18. The van der Waals surface area contributed by atoms with Crippen molar-refractivity contribution >= 4 is 27.6 Å². The maximum atomic E-state index is 12.7. The topological polar surface area (TPSA) is 108 Å². The minimum atomic E-state index is -3.52. The number of carbonyl (C=O) groups is 2. The van der Waals surface area contributed by atoms with Crippen LogP contribution in [0.2, 0.25) is 0 Å². The van der Waals surface area contributed by atoms with E-state index in [9.17, 15) is 18.0 Å². The molecule has 0 spiro atoms. The standard InChI is InChI=1S/C23H32N4O4S/c1-5-27(6-2)32(30,31)20-14-12-18(13-15-20)16-24-22(28)21(17(3)4)26-23(29)25-19-10-8-7-9-11-19/h7-15,17,21H,5-6,16H2,1-4H3,(H,24,28)(H2,25,26,29). The number of rotatable bonds is 10. The number of carbonyl (C=O) groups excluding carboxylic acids is 2. The van der Waals surface area contributed by atoms with E-state index in [0.717, 1.165) is 5.56 Å². The number of anilines is 1. The Hall–Kier alpha value is -2.91. The zero-order chi connectivity index (χ0) is 23.7. The molecule has 3 N–H and O–H groups in total. The summed E-state index contributed by atoms with van der Waals surface area (Å²) in [6.45, 7) is 8.31. The van der Waals surface area contributed by atoms with Crippen molar-refractivity contribution in [1.29, 1.82) is 0 Å². The number of nitrogens with one attached hydrogen (secondary N) is 3. The van der Waals surface area contributed by atoms with Gasteiger partial charge in [-0.25, -0.2) is 13.2 Å². The van der Waals surface area contributed by atoms with E-state index < -0.39 is 22.1 Å². The second-order valence-corrected chi connectivity index (χ2v) is 9.58. The van der Waals surface area contributed by atoms with Gasteiger partial charge in [0.25, 0.3) is 0 Å². The molecule has 0 fully saturated rings. The average molecular weight is 461 g/mol. The molecular formula is C23H32N4O4S. The highest BCUT2D eigenvalue weighted by molar-refractivity contribution is 7.89. The number of sulfonamides is 1. The minimum absolute atomic E-state index is 0.127. The summed E-state index contributed by atoms with van der Waals surface area (Å²) in [5, 5.41) is 8.22. The smallest absolute Gasteiger partial charge is 0.319 e. The summed E-state index contributed by atoms with van der Waals surface area (Å²) >= 11 is 0. The molecule has 0 aliphatic heterocycles. The van der Waals surface area contributed by atoms with E-state index >= 15 is 0 Å². The van der Waals surface area contributed by atoms with Gasteiger partial charge >= 0.3 is 6.03 Å². The van der Waals surface area contributed by atoms with Crippen LogP contribution in [0, 0.1) is 5.92 Å². The van der Waals surface area contributed by atoms with Crippen molar-refractivity contribution in [2.45, 2.75) is 45.2 Å². The summed E-state index contributed by atoms with van der Waals surface area (Å²) in [5.41, 5.74) is 1.39. The molecular weight excluding hydrogens is 428 g/mol. The van der Waals surface area contributed by atoms with Crippen LogP contribution in [0.5, 0.6) is 0 Å². The lowest BCUT2D eigenvalue weighted by molar-refractivity contribution is -0.124. The Morgan fingerprint density at radius 1 is 0.938 bits per heavy atom. The van der Waals surface area contributed by atoms with Gasteiger partial charge < -0.3 is 16.0 Å². The molecule has 2 rings (SSSR count). The Morgan fingerprint density at radius 2 is 1.53 bits per heavy atom. The van der Waals surface area contributed by atoms with Crippen molar-refractivity contribution in [2.75, 3.05) is 18.4 Å². The summed E-state index contributed by atoms with van der Waals surface area (Å²) < 4.78 is 26.6. The van der Waals surface area contributed by atoms with Gasteiger partial charge in [0.05, 0.1) is 4.90 Å². The normalized spacial score (nSPS) is 12.4. The molecule has 2 aromatic carbocycles. The Morgan fingerprint density at radius 3 is 2.06 bits per heavy atom. The molecule has 8 nitrogen and oxygen atoms in total. The van der Waals surface area contributed by atoms with Crippen molar-refractivity contribution in [2.24, 2.45) is 5.92 Å². The second kappa shape index (κ2) is 11.6. The fraction of sp³-hybridized carbons (Fsp3) is 0.391. The van der Waals surface area contributed by atoms with Crippen LogP contribution in [0.15, 0.2) is 59.5 Å². The molecule has 0 heterocycles. The van der Waals surface area contributed by atoms with Gasteiger partial charge in [-0.05, 0) is 35.7 Å². The van der Waals surface area contributed by atoms with Gasteiger partial charge in [0, 0.05) is 25.3 Å².